The van der Waals surface area contributed by atoms with Crippen molar-refractivity contribution in [3.63, 3.8) is 0 Å². The number of thiocarbonyl (C=S) groups is 1. The highest BCUT2D eigenvalue weighted by atomic mass is 32.1. The van der Waals surface area contributed by atoms with Crippen molar-refractivity contribution in [3.05, 3.63) is 29.6 Å². The van der Waals surface area contributed by atoms with Crippen LogP contribution in [0.4, 0.5) is 10.1 Å². The Hall–Kier alpha value is -1.49. The minimum atomic E-state index is -0.413. The number of amides is 1. The van der Waals surface area contributed by atoms with E-state index in [2.05, 4.69) is 5.32 Å². The lowest BCUT2D eigenvalue weighted by atomic mass is 9.86. The second kappa shape index (κ2) is 5.72. The SMILES string of the molecule is NC(=S)c1cc(F)ccc1NC(=O)CC1CC2CCC1C2. The molecule has 3 atom stereocenters. The van der Waals surface area contributed by atoms with E-state index in [1.807, 2.05) is 0 Å². The van der Waals surface area contributed by atoms with Crippen molar-refractivity contribution >= 4 is 28.8 Å². The van der Waals surface area contributed by atoms with E-state index >= 15 is 0 Å². The summed E-state index contributed by atoms with van der Waals surface area (Å²) in [6.45, 7) is 0. The molecule has 0 saturated heterocycles. The van der Waals surface area contributed by atoms with E-state index in [1.54, 1.807) is 0 Å². The van der Waals surface area contributed by atoms with Crippen LogP contribution in [0.25, 0.3) is 0 Å². The molecule has 0 heterocycles. The Labute approximate surface area is 129 Å². The summed E-state index contributed by atoms with van der Waals surface area (Å²) >= 11 is 4.91. The number of nitrogens with one attached hydrogen (secondary N) is 1. The first-order chi connectivity index (χ1) is 10.0. The first kappa shape index (κ1) is 14.4. The van der Waals surface area contributed by atoms with Gasteiger partial charge in [0.25, 0.3) is 0 Å². The smallest absolute Gasteiger partial charge is 0.224 e. The normalized spacial score (nSPS) is 26.8. The molecule has 0 aliphatic heterocycles. The molecule has 0 aromatic heterocycles. The third-order valence-electron chi connectivity index (χ3n) is 4.85. The van der Waals surface area contributed by atoms with Crippen molar-refractivity contribution in [1.82, 2.24) is 0 Å². The van der Waals surface area contributed by atoms with E-state index < -0.39 is 5.82 Å². The van der Waals surface area contributed by atoms with Crippen molar-refractivity contribution in [2.45, 2.75) is 32.1 Å². The van der Waals surface area contributed by atoms with Crippen LogP contribution in [0.1, 0.15) is 37.7 Å². The van der Waals surface area contributed by atoms with Gasteiger partial charge in [0.2, 0.25) is 5.91 Å². The summed E-state index contributed by atoms with van der Waals surface area (Å²) in [5.41, 5.74) is 6.46. The first-order valence-corrected chi connectivity index (χ1v) is 7.83. The lowest BCUT2D eigenvalue weighted by molar-refractivity contribution is -0.117. The average molecular weight is 306 g/mol. The minimum Gasteiger partial charge on any atom is -0.389 e. The second-order valence-electron chi connectivity index (χ2n) is 6.24. The highest BCUT2D eigenvalue weighted by Crippen LogP contribution is 2.49. The second-order valence-corrected chi connectivity index (χ2v) is 6.68. The number of hydrogen-bond donors (Lipinski definition) is 2. The monoisotopic (exact) mass is 306 g/mol. The lowest BCUT2D eigenvalue weighted by Gasteiger charge is -2.21. The zero-order valence-corrected chi connectivity index (χ0v) is 12.6. The summed E-state index contributed by atoms with van der Waals surface area (Å²) in [4.78, 5) is 12.3. The maximum atomic E-state index is 13.2. The summed E-state index contributed by atoms with van der Waals surface area (Å²) in [6.07, 6.45) is 5.58. The number of anilines is 1. The van der Waals surface area contributed by atoms with E-state index in [-0.39, 0.29) is 10.9 Å². The summed E-state index contributed by atoms with van der Waals surface area (Å²) in [7, 11) is 0. The van der Waals surface area contributed by atoms with Crippen LogP contribution in [-0.4, -0.2) is 10.9 Å². The Balaban J connectivity index is 1.66. The Morgan fingerprint density at radius 3 is 2.81 bits per heavy atom. The third-order valence-corrected chi connectivity index (χ3v) is 5.07. The van der Waals surface area contributed by atoms with E-state index in [0.29, 0.717) is 29.5 Å². The fourth-order valence-corrected chi connectivity index (χ4v) is 4.06. The Morgan fingerprint density at radius 2 is 2.19 bits per heavy atom. The van der Waals surface area contributed by atoms with Crippen LogP contribution in [0.2, 0.25) is 0 Å². The van der Waals surface area contributed by atoms with Gasteiger partial charge in [-0.3, -0.25) is 4.79 Å². The van der Waals surface area contributed by atoms with Gasteiger partial charge >= 0.3 is 0 Å². The van der Waals surface area contributed by atoms with Crippen LogP contribution in [0, 0.1) is 23.6 Å². The molecule has 3 nitrogen and oxygen atoms in total. The molecule has 3 unspecified atom stereocenters. The van der Waals surface area contributed by atoms with Crippen molar-refractivity contribution in [2.24, 2.45) is 23.5 Å². The number of nitrogens with two attached hydrogens (primary N) is 1. The Kier molecular flexibility index (Phi) is 3.93. The van der Waals surface area contributed by atoms with Crippen LogP contribution in [0.5, 0.6) is 0 Å². The molecule has 2 bridgehead atoms. The average Bonchev–Trinajstić information content (AvgIpc) is 3.02. The molecular formula is C16H19FN2OS. The minimum absolute atomic E-state index is 0.0309. The number of fused-ring (bicyclic) bond motifs is 2. The quantitative estimate of drug-likeness (QED) is 0.840. The molecule has 0 spiro atoms. The number of halogens is 1. The summed E-state index contributed by atoms with van der Waals surface area (Å²) in [6, 6.07) is 4.08. The molecule has 0 radical (unpaired) electrons. The zero-order chi connectivity index (χ0) is 15.0. The van der Waals surface area contributed by atoms with Crippen LogP contribution in [0.15, 0.2) is 18.2 Å². The van der Waals surface area contributed by atoms with Crippen LogP contribution in [0.3, 0.4) is 0 Å². The van der Waals surface area contributed by atoms with Gasteiger partial charge in [-0.15, -0.1) is 0 Å². The molecule has 21 heavy (non-hydrogen) atoms. The van der Waals surface area contributed by atoms with Crippen LogP contribution < -0.4 is 11.1 Å². The summed E-state index contributed by atoms with van der Waals surface area (Å²) < 4.78 is 13.2. The van der Waals surface area contributed by atoms with Crippen molar-refractivity contribution in [3.8, 4) is 0 Å². The predicted molar refractivity (Wildman–Crippen MR) is 84.5 cm³/mol. The molecule has 2 fully saturated rings. The number of carbonyl (C=O) groups is 1. The van der Waals surface area contributed by atoms with Gasteiger partial charge in [0.1, 0.15) is 10.8 Å². The van der Waals surface area contributed by atoms with E-state index in [0.717, 1.165) is 5.92 Å². The van der Waals surface area contributed by atoms with Crippen molar-refractivity contribution in [1.29, 1.82) is 0 Å². The molecule has 3 rings (SSSR count). The van der Waals surface area contributed by atoms with Crippen molar-refractivity contribution < 1.29 is 9.18 Å². The maximum Gasteiger partial charge on any atom is 0.224 e. The molecular weight excluding hydrogens is 287 g/mol. The van der Waals surface area contributed by atoms with Crippen LogP contribution >= 0.6 is 12.2 Å². The van der Waals surface area contributed by atoms with Gasteiger partial charge in [-0.1, -0.05) is 18.6 Å². The largest absolute Gasteiger partial charge is 0.389 e. The number of carbonyl (C=O) groups excluding carboxylic acids is 1. The van der Waals surface area contributed by atoms with Crippen molar-refractivity contribution in [2.75, 3.05) is 5.32 Å². The zero-order valence-electron chi connectivity index (χ0n) is 11.8. The predicted octanol–water partition coefficient (Wildman–Crippen LogP) is 3.22. The molecule has 1 aromatic rings. The molecule has 2 aliphatic rings. The molecule has 112 valence electrons. The van der Waals surface area contributed by atoms with Gasteiger partial charge in [0.05, 0.1) is 5.69 Å². The number of benzene rings is 1. The van der Waals surface area contributed by atoms with Gasteiger partial charge in [-0.25, -0.2) is 4.39 Å². The highest BCUT2D eigenvalue weighted by Gasteiger charge is 2.40. The topological polar surface area (TPSA) is 55.1 Å². The van der Waals surface area contributed by atoms with Crippen LogP contribution in [-0.2, 0) is 4.79 Å². The van der Waals surface area contributed by atoms with Gasteiger partial charge in [-0.05, 0) is 55.2 Å². The van der Waals surface area contributed by atoms with E-state index in [4.69, 9.17) is 18.0 Å². The van der Waals surface area contributed by atoms with E-state index in [1.165, 1.54) is 43.9 Å². The first-order valence-electron chi connectivity index (χ1n) is 7.42. The molecule has 5 heteroatoms. The molecule has 1 aromatic carbocycles. The van der Waals surface area contributed by atoms with E-state index in [9.17, 15) is 9.18 Å². The highest BCUT2D eigenvalue weighted by molar-refractivity contribution is 7.80. The fourth-order valence-electron chi connectivity index (χ4n) is 3.90. The van der Waals surface area contributed by atoms with Gasteiger partial charge in [-0.2, -0.15) is 0 Å². The molecule has 2 saturated carbocycles. The number of hydrogen-bond acceptors (Lipinski definition) is 2. The molecule has 3 N–H and O–H groups in total. The Morgan fingerprint density at radius 1 is 1.38 bits per heavy atom. The standard InChI is InChI=1S/C16H19FN2OS/c17-12-3-4-14(13(8-12)16(18)21)19-15(20)7-11-6-9-1-2-10(11)5-9/h3-4,8-11H,1-2,5-7H2,(H2,18,21)(H,19,20). The lowest BCUT2D eigenvalue weighted by Crippen LogP contribution is -2.22. The summed E-state index contributed by atoms with van der Waals surface area (Å²) in [5, 5.41) is 2.83. The number of rotatable bonds is 4. The third kappa shape index (κ3) is 3.07. The van der Waals surface area contributed by atoms with Gasteiger partial charge in [0, 0.05) is 12.0 Å². The summed E-state index contributed by atoms with van der Waals surface area (Å²) in [5.74, 6) is 1.59. The molecule has 2 aliphatic carbocycles. The maximum absolute atomic E-state index is 13.2. The molecule has 1 amide bonds. The van der Waals surface area contributed by atoms with Gasteiger partial charge < -0.3 is 11.1 Å². The Bertz CT molecular complexity index is 590. The fraction of sp³-hybridized carbons (Fsp3) is 0.500. The van der Waals surface area contributed by atoms with Gasteiger partial charge in [0.15, 0.2) is 0 Å².